The minimum absolute atomic E-state index is 0.00162. The molecule has 0 amide bonds. The van der Waals surface area contributed by atoms with Crippen LogP contribution in [-0.4, -0.2) is 7.11 Å². The van der Waals surface area contributed by atoms with Crippen LogP contribution in [0.25, 0.3) is 0 Å². The molecule has 0 radical (unpaired) electrons. The van der Waals surface area contributed by atoms with Gasteiger partial charge in [-0.25, -0.2) is 4.39 Å². The van der Waals surface area contributed by atoms with E-state index in [9.17, 15) is 4.39 Å². The number of methoxy groups -OCH3 is 1. The molecular weight excluding hydrogens is 259 g/mol. The Bertz CT molecular complexity index is 665. The van der Waals surface area contributed by atoms with Gasteiger partial charge in [0.15, 0.2) is 11.5 Å². The predicted octanol–water partition coefficient (Wildman–Crippen LogP) is 2.87. The third kappa shape index (κ3) is 2.98. The van der Waals surface area contributed by atoms with Crippen LogP contribution in [0, 0.1) is 17.1 Å². The molecule has 0 saturated heterocycles. The van der Waals surface area contributed by atoms with Gasteiger partial charge in [-0.1, -0.05) is 0 Å². The average Bonchev–Trinajstić information content (AvgIpc) is 2.47. The number of hydrogen-bond donors (Lipinski definition) is 1. The average molecular weight is 272 g/mol. The summed E-state index contributed by atoms with van der Waals surface area (Å²) in [6, 6.07) is 11.0. The first-order chi connectivity index (χ1) is 9.63. The number of anilines is 1. The molecule has 2 aromatic rings. The summed E-state index contributed by atoms with van der Waals surface area (Å²) in [5.74, 6) is 0.517. The standard InChI is InChI=1S/C15H13FN2O2/c1-19-15-7-12(18)3-5-14(15)20-9-11-6-10(8-17)2-4-13(11)16/h2-7H,9,18H2,1H3. The van der Waals surface area contributed by atoms with Crippen molar-refractivity contribution in [1.82, 2.24) is 0 Å². The Hall–Kier alpha value is -2.74. The van der Waals surface area contributed by atoms with Crippen molar-refractivity contribution in [2.24, 2.45) is 0 Å². The second-order valence-corrected chi connectivity index (χ2v) is 4.12. The summed E-state index contributed by atoms with van der Waals surface area (Å²) in [5.41, 5.74) is 6.88. The van der Waals surface area contributed by atoms with Gasteiger partial charge in [0.25, 0.3) is 0 Å². The number of halogens is 1. The number of nitrogens with two attached hydrogens (primary N) is 1. The number of ether oxygens (including phenoxy) is 2. The lowest BCUT2D eigenvalue weighted by atomic mass is 10.1. The topological polar surface area (TPSA) is 68.3 Å². The molecule has 20 heavy (non-hydrogen) atoms. The lowest BCUT2D eigenvalue weighted by molar-refractivity contribution is 0.280. The number of nitriles is 1. The maximum absolute atomic E-state index is 13.6. The fourth-order valence-corrected chi connectivity index (χ4v) is 1.71. The van der Waals surface area contributed by atoms with E-state index in [1.54, 1.807) is 18.2 Å². The minimum Gasteiger partial charge on any atom is -0.493 e. The molecular formula is C15H13FN2O2. The van der Waals surface area contributed by atoms with E-state index < -0.39 is 5.82 Å². The summed E-state index contributed by atoms with van der Waals surface area (Å²) < 4.78 is 24.3. The van der Waals surface area contributed by atoms with E-state index in [1.807, 2.05) is 6.07 Å². The Morgan fingerprint density at radius 2 is 2.00 bits per heavy atom. The highest BCUT2D eigenvalue weighted by Gasteiger charge is 2.08. The van der Waals surface area contributed by atoms with Gasteiger partial charge in [-0.2, -0.15) is 5.26 Å². The Kier molecular flexibility index (Phi) is 4.06. The van der Waals surface area contributed by atoms with Crippen molar-refractivity contribution in [3.63, 3.8) is 0 Å². The lowest BCUT2D eigenvalue weighted by Crippen LogP contribution is -2.01. The zero-order valence-electron chi connectivity index (χ0n) is 10.9. The van der Waals surface area contributed by atoms with Gasteiger partial charge in [-0.3, -0.25) is 0 Å². The van der Waals surface area contributed by atoms with E-state index >= 15 is 0 Å². The molecule has 0 spiro atoms. The Morgan fingerprint density at radius 1 is 1.20 bits per heavy atom. The van der Waals surface area contributed by atoms with Gasteiger partial charge in [0.1, 0.15) is 12.4 Å². The van der Waals surface area contributed by atoms with Gasteiger partial charge < -0.3 is 15.2 Å². The van der Waals surface area contributed by atoms with E-state index in [1.165, 1.54) is 25.3 Å². The zero-order valence-corrected chi connectivity index (χ0v) is 10.9. The molecule has 0 bridgehead atoms. The van der Waals surface area contributed by atoms with Crippen molar-refractivity contribution in [3.05, 3.63) is 53.3 Å². The molecule has 0 atom stereocenters. The zero-order chi connectivity index (χ0) is 14.5. The fourth-order valence-electron chi connectivity index (χ4n) is 1.71. The van der Waals surface area contributed by atoms with Crippen LogP contribution in [0.5, 0.6) is 11.5 Å². The minimum atomic E-state index is -0.418. The second-order valence-electron chi connectivity index (χ2n) is 4.12. The Morgan fingerprint density at radius 3 is 2.70 bits per heavy atom. The van der Waals surface area contributed by atoms with Crippen LogP contribution in [0.15, 0.2) is 36.4 Å². The second kappa shape index (κ2) is 5.93. The predicted molar refractivity (Wildman–Crippen MR) is 72.9 cm³/mol. The molecule has 0 heterocycles. The molecule has 0 aliphatic carbocycles. The van der Waals surface area contributed by atoms with E-state index in [0.717, 1.165) is 0 Å². The lowest BCUT2D eigenvalue weighted by Gasteiger charge is -2.11. The largest absolute Gasteiger partial charge is 0.493 e. The number of benzene rings is 2. The summed E-state index contributed by atoms with van der Waals surface area (Å²) in [5, 5.41) is 8.80. The monoisotopic (exact) mass is 272 g/mol. The molecule has 2 rings (SSSR count). The first kappa shape index (κ1) is 13.7. The van der Waals surface area contributed by atoms with Crippen molar-refractivity contribution in [1.29, 1.82) is 5.26 Å². The van der Waals surface area contributed by atoms with Crippen LogP contribution in [0.3, 0.4) is 0 Å². The fraction of sp³-hybridized carbons (Fsp3) is 0.133. The highest BCUT2D eigenvalue weighted by atomic mass is 19.1. The third-order valence-corrected chi connectivity index (χ3v) is 2.75. The maximum Gasteiger partial charge on any atom is 0.162 e. The van der Waals surface area contributed by atoms with E-state index in [0.29, 0.717) is 28.3 Å². The van der Waals surface area contributed by atoms with Crippen molar-refractivity contribution in [3.8, 4) is 17.6 Å². The number of nitrogen functional groups attached to an aromatic ring is 1. The summed E-state index contributed by atoms with van der Waals surface area (Å²) in [6.07, 6.45) is 0. The number of rotatable bonds is 4. The Balaban J connectivity index is 2.19. The van der Waals surface area contributed by atoms with Crippen LogP contribution >= 0.6 is 0 Å². The van der Waals surface area contributed by atoms with E-state index in [4.69, 9.17) is 20.5 Å². The summed E-state index contributed by atoms with van der Waals surface area (Å²) in [6.45, 7) is 0.00162. The molecule has 2 N–H and O–H groups in total. The molecule has 5 heteroatoms. The number of hydrogen-bond acceptors (Lipinski definition) is 4. The van der Waals surface area contributed by atoms with Gasteiger partial charge in [-0.15, -0.1) is 0 Å². The molecule has 0 unspecified atom stereocenters. The van der Waals surface area contributed by atoms with Crippen LogP contribution in [0.4, 0.5) is 10.1 Å². The van der Waals surface area contributed by atoms with Crippen molar-refractivity contribution >= 4 is 5.69 Å². The summed E-state index contributed by atoms with van der Waals surface area (Å²) in [7, 11) is 1.50. The molecule has 102 valence electrons. The summed E-state index contributed by atoms with van der Waals surface area (Å²) in [4.78, 5) is 0. The molecule has 0 aliphatic heterocycles. The van der Waals surface area contributed by atoms with Gasteiger partial charge >= 0.3 is 0 Å². The molecule has 0 aliphatic rings. The smallest absolute Gasteiger partial charge is 0.162 e. The first-order valence-electron chi connectivity index (χ1n) is 5.89. The number of nitrogens with zero attached hydrogens (tertiary/aromatic N) is 1. The van der Waals surface area contributed by atoms with Gasteiger partial charge in [0.05, 0.1) is 18.7 Å². The van der Waals surface area contributed by atoms with Gasteiger partial charge in [-0.05, 0) is 30.3 Å². The van der Waals surface area contributed by atoms with Crippen LogP contribution in [0.1, 0.15) is 11.1 Å². The molecule has 2 aromatic carbocycles. The van der Waals surface area contributed by atoms with Crippen LogP contribution < -0.4 is 15.2 Å². The van der Waals surface area contributed by atoms with Crippen LogP contribution in [-0.2, 0) is 6.61 Å². The quantitative estimate of drug-likeness (QED) is 0.869. The van der Waals surface area contributed by atoms with Crippen LogP contribution in [0.2, 0.25) is 0 Å². The molecule has 0 fully saturated rings. The van der Waals surface area contributed by atoms with Gasteiger partial charge in [0, 0.05) is 17.3 Å². The Labute approximate surface area is 116 Å². The highest BCUT2D eigenvalue weighted by molar-refractivity contribution is 5.52. The normalized spacial score (nSPS) is 9.85. The third-order valence-electron chi connectivity index (χ3n) is 2.75. The molecule has 0 saturated carbocycles. The SMILES string of the molecule is COc1cc(N)ccc1OCc1cc(C#N)ccc1F. The van der Waals surface area contributed by atoms with Crippen molar-refractivity contribution < 1.29 is 13.9 Å². The van der Waals surface area contributed by atoms with Crippen molar-refractivity contribution in [2.75, 3.05) is 12.8 Å². The van der Waals surface area contributed by atoms with Crippen molar-refractivity contribution in [2.45, 2.75) is 6.61 Å². The molecule has 4 nitrogen and oxygen atoms in total. The first-order valence-corrected chi connectivity index (χ1v) is 5.89. The highest BCUT2D eigenvalue weighted by Crippen LogP contribution is 2.29. The summed E-state index contributed by atoms with van der Waals surface area (Å²) >= 11 is 0. The molecule has 0 aromatic heterocycles. The van der Waals surface area contributed by atoms with E-state index in [2.05, 4.69) is 0 Å². The van der Waals surface area contributed by atoms with Gasteiger partial charge in [0.2, 0.25) is 0 Å². The maximum atomic E-state index is 13.6. The van der Waals surface area contributed by atoms with E-state index in [-0.39, 0.29) is 6.61 Å².